The molecule has 0 aliphatic carbocycles. The quantitative estimate of drug-likeness (QED) is 0.918. The molecular formula is C16H19NO2. The minimum Gasteiger partial charge on any atom is -0.388 e. The lowest BCUT2D eigenvalue weighted by Gasteiger charge is -2.24. The zero-order chi connectivity index (χ0) is 13.1. The van der Waals surface area contributed by atoms with Crippen molar-refractivity contribution >= 4 is 10.9 Å². The van der Waals surface area contributed by atoms with Crippen molar-refractivity contribution in [2.45, 2.75) is 25.4 Å². The van der Waals surface area contributed by atoms with Crippen LogP contribution in [0.3, 0.4) is 0 Å². The van der Waals surface area contributed by atoms with Gasteiger partial charge in [-0.3, -0.25) is 4.98 Å². The summed E-state index contributed by atoms with van der Waals surface area (Å²) in [6.07, 6.45) is 4.26. The zero-order valence-electron chi connectivity index (χ0n) is 11.0. The average molecular weight is 257 g/mol. The van der Waals surface area contributed by atoms with E-state index in [-0.39, 0.29) is 0 Å². The van der Waals surface area contributed by atoms with E-state index in [2.05, 4.69) is 4.98 Å². The maximum atomic E-state index is 10.5. The number of nitrogens with zero attached hydrogens (tertiary/aromatic N) is 1. The number of aliphatic hydroxyl groups is 1. The molecule has 0 spiro atoms. The molecular weight excluding hydrogens is 238 g/mol. The first kappa shape index (κ1) is 12.6. The van der Waals surface area contributed by atoms with Gasteiger partial charge in [-0.15, -0.1) is 0 Å². The minimum absolute atomic E-state index is 0.429. The molecule has 2 aromatic rings. The Bertz CT molecular complexity index is 544. The predicted molar refractivity (Wildman–Crippen MR) is 74.9 cm³/mol. The number of benzene rings is 1. The van der Waals surface area contributed by atoms with Gasteiger partial charge in [-0.2, -0.15) is 0 Å². The molecule has 3 rings (SSSR count). The standard InChI is InChI=1S/C16H19NO2/c18-15(11-12-6-9-19-10-7-12)14-5-1-3-13-4-2-8-17-16(13)14/h1-5,8,12,15,18H,6-7,9-11H2. The highest BCUT2D eigenvalue weighted by molar-refractivity contribution is 5.81. The number of rotatable bonds is 3. The number of hydrogen-bond acceptors (Lipinski definition) is 3. The molecule has 100 valence electrons. The summed E-state index contributed by atoms with van der Waals surface area (Å²) in [7, 11) is 0. The van der Waals surface area contributed by atoms with Crippen molar-refractivity contribution in [3.05, 3.63) is 42.1 Å². The fourth-order valence-electron chi connectivity index (χ4n) is 2.82. The molecule has 2 heterocycles. The van der Waals surface area contributed by atoms with Gasteiger partial charge in [0.1, 0.15) is 0 Å². The third-order valence-corrected chi connectivity index (χ3v) is 3.92. The lowest BCUT2D eigenvalue weighted by atomic mass is 9.90. The second-order valence-electron chi connectivity index (χ2n) is 5.23. The molecule has 1 aromatic heterocycles. The summed E-state index contributed by atoms with van der Waals surface area (Å²) in [6.45, 7) is 1.65. The molecule has 1 saturated heterocycles. The number of para-hydroxylation sites is 1. The molecule has 1 fully saturated rings. The summed E-state index contributed by atoms with van der Waals surface area (Å²) in [5, 5.41) is 11.6. The zero-order valence-corrected chi connectivity index (χ0v) is 11.0. The van der Waals surface area contributed by atoms with Crippen LogP contribution in [0.5, 0.6) is 0 Å². The molecule has 1 atom stereocenters. The molecule has 1 aromatic carbocycles. The predicted octanol–water partition coefficient (Wildman–Crippen LogP) is 3.08. The van der Waals surface area contributed by atoms with E-state index in [0.29, 0.717) is 5.92 Å². The third kappa shape index (κ3) is 2.77. The molecule has 3 nitrogen and oxygen atoms in total. The second-order valence-corrected chi connectivity index (χ2v) is 5.23. The van der Waals surface area contributed by atoms with Crippen LogP contribution in [0.1, 0.15) is 30.9 Å². The van der Waals surface area contributed by atoms with Crippen molar-refractivity contribution in [3.63, 3.8) is 0 Å². The summed E-state index contributed by atoms with van der Waals surface area (Å²) in [6, 6.07) is 9.98. The fraction of sp³-hybridized carbons (Fsp3) is 0.438. The topological polar surface area (TPSA) is 42.4 Å². The van der Waals surface area contributed by atoms with Gasteiger partial charge in [0.25, 0.3) is 0 Å². The van der Waals surface area contributed by atoms with Gasteiger partial charge in [-0.05, 0) is 31.2 Å². The Balaban J connectivity index is 1.82. The average Bonchev–Trinajstić information content (AvgIpc) is 2.47. The van der Waals surface area contributed by atoms with E-state index in [4.69, 9.17) is 4.74 Å². The second kappa shape index (κ2) is 5.68. The van der Waals surface area contributed by atoms with Gasteiger partial charge in [0, 0.05) is 30.4 Å². The summed E-state index contributed by atoms with van der Waals surface area (Å²) in [5.41, 5.74) is 1.87. The Hall–Kier alpha value is -1.45. The van der Waals surface area contributed by atoms with Gasteiger partial charge in [0.2, 0.25) is 0 Å². The van der Waals surface area contributed by atoms with E-state index >= 15 is 0 Å². The molecule has 0 radical (unpaired) electrons. The number of ether oxygens (including phenoxy) is 1. The Morgan fingerprint density at radius 3 is 2.84 bits per heavy atom. The Kier molecular flexibility index (Phi) is 3.76. The minimum atomic E-state index is -0.429. The number of aromatic nitrogens is 1. The number of hydrogen-bond donors (Lipinski definition) is 1. The van der Waals surface area contributed by atoms with Gasteiger partial charge in [0.05, 0.1) is 11.6 Å². The van der Waals surface area contributed by atoms with Crippen LogP contribution >= 0.6 is 0 Å². The van der Waals surface area contributed by atoms with Crippen LogP contribution in [0.15, 0.2) is 36.5 Å². The molecule has 3 heteroatoms. The van der Waals surface area contributed by atoms with Crippen molar-refractivity contribution in [3.8, 4) is 0 Å². The summed E-state index contributed by atoms with van der Waals surface area (Å²) < 4.78 is 5.36. The SMILES string of the molecule is OC(CC1CCOCC1)c1cccc2cccnc12. The van der Waals surface area contributed by atoms with Crippen LogP contribution in [0.4, 0.5) is 0 Å². The summed E-state index contributed by atoms with van der Waals surface area (Å²) in [5.74, 6) is 0.558. The first-order chi connectivity index (χ1) is 9.34. The highest BCUT2D eigenvalue weighted by Gasteiger charge is 2.20. The van der Waals surface area contributed by atoms with Crippen LogP contribution < -0.4 is 0 Å². The lowest BCUT2D eigenvalue weighted by molar-refractivity contribution is 0.0437. The summed E-state index contributed by atoms with van der Waals surface area (Å²) >= 11 is 0. The van der Waals surface area contributed by atoms with Gasteiger partial charge < -0.3 is 9.84 Å². The van der Waals surface area contributed by atoms with E-state index in [1.807, 2.05) is 30.3 Å². The smallest absolute Gasteiger partial charge is 0.0813 e. The highest BCUT2D eigenvalue weighted by Crippen LogP contribution is 2.30. The van der Waals surface area contributed by atoms with Crippen molar-refractivity contribution in [1.29, 1.82) is 0 Å². The van der Waals surface area contributed by atoms with E-state index in [1.165, 1.54) is 0 Å². The Labute approximate surface area is 113 Å². The Morgan fingerprint density at radius 2 is 2.00 bits per heavy atom. The maximum absolute atomic E-state index is 10.5. The van der Waals surface area contributed by atoms with Crippen molar-refractivity contribution in [2.24, 2.45) is 5.92 Å². The monoisotopic (exact) mass is 257 g/mol. The van der Waals surface area contributed by atoms with Crippen LogP contribution in [0, 0.1) is 5.92 Å². The molecule has 0 saturated carbocycles. The van der Waals surface area contributed by atoms with Crippen LogP contribution in [-0.4, -0.2) is 23.3 Å². The van der Waals surface area contributed by atoms with Gasteiger partial charge in [-0.1, -0.05) is 24.3 Å². The molecule has 0 bridgehead atoms. The molecule has 1 aliphatic heterocycles. The van der Waals surface area contributed by atoms with Gasteiger partial charge in [0.15, 0.2) is 0 Å². The maximum Gasteiger partial charge on any atom is 0.0813 e. The van der Waals surface area contributed by atoms with E-state index in [9.17, 15) is 5.11 Å². The van der Waals surface area contributed by atoms with Crippen LogP contribution in [0.25, 0.3) is 10.9 Å². The normalized spacial score (nSPS) is 18.6. The molecule has 19 heavy (non-hydrogen) atoms. The first-order valence-corrected chi connectivity index (χ1v) is 6.94. The van der Waals surface area contributed by atoms with Crippen molar-refractivity contribution in [2.75, 3.05) is 13.2 Å². The van der Waals surface area contributed by atoms with Crippen LogP contribution in [0.2, 0.25) is 0 Å². The molecule has 1 aliphatic rings. The molecule has 0 amide bonds. The Morgan fingerprint density at radius 1 is 1.21 bits per heavy atom. The molecule has 1 unspecified atom stereocenters. The highest BCUT2D eigenvalue weighted by atomic mass is 16.5. The first-order valence-electron chi connectivity index (χ1n) is 6.94. The van der Waals surface area contributed by atoms with Crippen LogP contribution in [-0.2, 0) is 4.74 Å². The fourth-order valence-corrected chi connectivity index (χ4v) is 2.82. The van der Waals surface area contributed by atoms with E-state index < -0.39 is 6.10 Å². The number of fused-ring (bicyclic) bond motifs is 1. The van der Waals surface area contributed by atoms with Gasteiger partial charge >= 0.3 is 0 Å². The van der Waals surface area contributed by atoms with Crippen molar-refractivity contribution in [1.82, 2.24) is 4.98 Å². The van der Waals surface area contributed by atoms with Gasteiger partial charge in [-0.25, -0.2) is 0 Å². The lowest BCUT2D eigenvalue weighted by Crippen LogP contribution is -2.18. The van der Waals surface area contributed by atoms with E-state index in [0.717, 1.165) is 48.9 Å². The van der Waals surface area contributed by atoms with E-state index in [1.54, 1.807) is 6.20 Å². The number of aliphatic hydroxyl groups excluding tert-OH is 1. The number of pyridine rings is 1. The summed E-state index contributed by atoms with van der Waals surface area (Å²) in [4.78, 5) is 4.41. The molecule has 1 N–H and O–H groups in total. The largest absolute Gasteiger partial charge is 0.388 e. The third-order valence-electron chi connectivity index (χ3n) is 3.92. The van der Waals surface area contributed by atoms with Crippen molar-refractivity contribution < 1.29 is 9.84 Å².